The van der Waals surface area contributed by atoms with Crippen LogP contribution < -0.4 is 16.0 Å². The highest BCUT2D eigenvalue weighted by atomic mass is 35.5. The van der Waals surface area contributed by atoms with Gasteiger partial charge in [0.05, 0.1) is 6.04 Å². The normalized spacial score (nSPS) is 15.7. The molecule has 0 saturated carbocycles. The van der Waals surface area contributed by atoms with Crippen molar-refractivity contribution in [3.05, 3.63) is 95.3 Å². The summed E-state index contributed by atoms with van der Waals surface area (Å²) in [6.07, 6.45) is 3.47. The largest absolute Gasteiger partial charge is 0.431 e. The molecule has 176 valence electrons. The van der Waals surface area contributed by atoms with E-state index in [9.17, 15) is 9.59 Å². The summed E-state index contributed by atoms with van der Waals surface area (Å²) >= 11 is 5.91. The number of ether oxygens (including phenoxy) is 1. The third-order valence-corrected chi connectivity index (χ3v) is 6.13. The molecule has 0 aliphatic carbocycles. The predicted molar refractivity (Wildman–Crippen MR) is 131 cm³/mol. The Bertz CT molecular complexity index is 1070. The van der Waals surface area contributed by atoms with Gasteiger partial charge in [0.1, 0.15) is 0 Å². The van der Waals surface area contributed by atoms with Gasteiger partial charge in [-0.15, -0.1) is 0 Å². The van der Waals surface area contributed by atoms with Crippen LogP contribution >= 0.6 is 11.6 Å². The number of benzene rings is 2. The highest BCUT2D eigenvalue weighted by Gasteiger charge is 2.31. The van der Waals surface area contributed by atoms with Crippen molar-refractivity contribution in [3.63, 3.8) is 0 Å². The minimum absolute atomic E-state index is 0.216. The highest BCUT2D eigenvalue weighted by molar-refractivity contribution is 6.30. The van der Waals surface area contributed by atoms with E-state index < -0.39 is 12.2 Å². The van der Waals surface area contributed by atoms with Crippen molar-refractivity contribution in [2.75, 3.05) is 18.4 Å². The zero-order chi connectivity index (χ0) is 23.8. The van der Waals surface area contributed by atoms with Gasteiger partial charge >= 0.3 is 6.09 Å². The monoisotopic (exact) mass is 478 g/mol. The summed E-state index contributed by atoms with van der Waals surface area (Å²) in [6.45, 7) is 1.79. The van der Waals surface area contributed by atoms with E-state index in [1.165, 1.54) is 0 Å². The van der Waals surface area contributed by atoms with Gasteiger partial charge in [0, 0.05) is 28.7 Å². The number of piperidine rings is 1. The zero-order valence-corrected chi connectivity index (χ0v) is 19.4. The molecule has 2 unspecified atom stereocenters. The van der Waals surface area contributed by atoms with Crippen LogP contribution in [-0.2, 0) is 9.53 Å². The van der Waals surface area contributed by atoms with Crippen LogP contribution in [0, 0.1) is 5.92 Å². The summed E-state index contributed by atoms with van der Waals surface area (Å²) in [5.74, 6) is -0.121. The van der Waals surface area contributed by atoms with Crippen LogP contribution in [0.2, 0.25) is 5.02 Å². The first-order chi connectivity index (χ1) is 16.6. The molecule has 0 radical (unpaired) electrons. The van der Waals surface area contributed by atoms with Gasteiger partial charge in [0.2, 0.25) is 6.10 Å². The molecule has 34 heavy (non-hydrogen) atoms. The van der Waals surface area contributed by atoms with Crippen molar-refractivity contribution in [2.45, 2.75) is 25.0 Å². The topological polar surface area (TPSA) is 92.3 Å². The molecule has 2 aromatic carbocycles. The maximum absolute atomic E-state index is 13.5. The molecule has 0 spiro atoms. The predicted octanol–water partition coefficient (Wildman–Crippen LogP) is 4.88. The van der Waals surface area contributed by atoms with Crippen molar-refractivity contribution >= 4 is 29.3 Å². The lowest BCUT2D eigenvalue weighted by molar-refractivity contribution is -0.131. The lowest BCUT2D eigenvalue weighted by Crippen LogP contribution is -2.41. The molecular formula is C26H27ClN4O3. The van der Waals surface area contributed by atoms with E-state index in [0.29, 0.717) is 16.3 Å². The zero-order valence-electron chi connectivity index (χ0n) is 18.6. The van der Waals surface area contributed by atoms with Crippen molar-refractivity contribution in [2.24, 2.45) is 5.92 Å². The third-order valence-electron chi connectivity index (χ3n) is 5.87. The van der Waals surface area contributed by atoms with E-state index in [0.717, 1.165) is 31.5 Å². The summed E-state index contributed by atoms with van der Waals surface area (Å²) < 4.78 is 5.64. The summed E-state index contributed by atoms with van der Waals surface area (Å²) in [4.78, 5) is 30.3. The molecule has 1 aliphatic rings. The molecule has 7 nitrogen and oxygen atoms in total. The Morgan fingerprint density at radius 3 is 2.29 bits per heavy atom. The molecule has 1 aliphatic heterocycles. The number of halogens is 1. The van der Waals surface area contributed by atoms with Crippen molar-refractivity contribution in [1.29, 1.82) is 0 Å². The minimum atomic E-state index is -1.11. The Labute approximate surface area is 203 Å². The number of amides is 2. The lowest BCUT2D eigenvalue weighted by Gasteiger charge is -2.32. The maximum Gasteiger partial charge on any atom is 0.412 e. The molecule has 4 rings (SSSR count). The average Bonchev–Trinajstić information content (AvgIpc) is 2.88. The van der Waals surface area contributed by atoms with Crippen molar-refractivity contribution in [1.82, 2.24) is 15.6 Å². The number of nitrogens with zero attached hydrogens (tertiary/aromatic N) is 1. The van der Waals surface area contributed by atoms with E-state index in [-0.39, 0.29) is 17.9 Å². The van der Waals surface area contributed by atoms with E-state index in [4.69, 9.17) is 16.3 Å². The number of aromatic nitrogens is 1. The summed E-state index contributed by atoms with van der Waals surface area (Å²) in [5, 5.41) is 9.74. The number of hydrogen-bond donors (Lipinski definition) is 3. The van der Waals surface area contributed by atoms with Crippen LogP contribution in [0.5, 0.6) is 0 Å². The number of pyridine rings is 1. The molecule has 2 amide bonds. The van der Waals surface area contributed by atoms with Crippen LogP contribution in [0.4, 0.5) is 10.5 Å². The summed E-state index contributed by atoms with van der Waals surface area (Å²) in [5.41, 5.74) is 2.09. The average molecular weight is 479 g/mol. The van der Waals surface area contributed by atoms with Gasteiger partial charge in [-0.05, 0) is 73.8 Å². The molecule has 2 atom stereocenters. The Hall–Kier alpha value is -3.42. The lowest BCUT2D eigenvalue weighted by atomic mass is 9.86. The first-order valence-electron chi connectivity index (χ1n) is 11.3. The van der Waals surface area contributed by atoms with E-state index in [2.05, 4.69) is 20.9 Å². The molecule has 1 aromatic heterocycles. The quantitative estimate of drug-likeness (QED) is 0.450. The Morgan fingerprint density at radius 1 is 0.941 bits per heavy atom. The fourth-order valence-electron chi connectivity index (χ4n) is 4.14. The molecule has 8 heteroatoms. The number of hydrogen-bond acceptors (Lipinski definition) is 5. The Balaban J connectivity index is 1.54. The third kappa shape index (κ3) is 6.34. The van der Waals surface area contributed by atoms with Gasteiger partial charge in [-0.3, -0.25) is 15.1 Å². The Morgan fingerprint density at radius 2 is 1.62 bits per heavy atom. The number of nitrogens with one attached hydrogen (secondary N) is 3. The second-order valence-electron chi connectivity index (χ2n) is 8.18. The second-order valence-corrected chi connectivity index (χ2v) is 8.62. The smallest absolute Gasteiger partial charge is 0.412 e. The van der Waals surface area contributed by atoms with Gasteiger partial charge in [-0.25, -0.2) is 4.79 Å². The second kappa shape index (κ2) is 11.6. The van der Waals surface area contributed by atoms with E-state index >= 15 is 0 Å². The fraction of sp³-hybridized carbons (Fsp3) is 0.269. The van der Waals surface area contributed by atoms with Crippen LogP contribution in [0.15, 0.2) is 79.1 Å². The maximum atomic E-state index is 13.5. The van der Waals surface area contributed by atoms with E-state index in [1.54, 1.807) is 48.8 Å². The van der Waals surface area contributed by atoms with Gasteiger partial charge in [0.25, 0.3) is 5.91 Å². The van der Waals surface area contributed by atoms with Crippen LogP contribution in [0.25, 0.3) is 0 Å². The molecule has 1 saturated heterocycles. The summed E-state index contributed by atoms with van der Waals surface area (Å²) in [7, 11) is 0. The van der Waals surface area contributed by atoms with Crippen LogP contribution in [0.1, 0.15) is 36.1 Å². The molecule has 2 heterocycles. The number of carbonyl (C=O) groups is 2. The van der Waals surface area contributed by atoms with Crippen molar-refractivity contribution < 1.29 is 14.3 Å². The highest BCUT2D eigenvalue weighted by Crippen LogP contribution is 2.30. The molecular weight excluding hydrogens is 452 g/mol. The molecule has 0 bridgehead atoms. The number of anilines is 1. The van der Waals surface area contributed by atoms with Gasteiger partial charge in [-0.1, -0.05) is 41.9 Å². The van der Waals surface area contributed by atoms with Gasteiger partial charge < -0.3 is 15.4 Å². The summed E-state index contributed by atoms with van der Waals surface area (Å²) in [6, 6.07) is 19.3. The molecule has 3 N–H and O–H groups in total. The number of rotatable bonds is 7. The minimum Gasteiger partial charge on any atom is -0.431 e. The molecule has 3 aromatic rings. The first kappa shape index (κ1) is 23.7. The van der Waals surface area contributed by atoms with Crippen LogP contribution in [0.3, 0.4) is 0 Å². The number of carbonyl (C=O) groups excluding carboxylic acids is 2. The first-order valence-corrected chi connectivity index (χ1v) is 11.7. The standard InChI is InChI=1S/C26H27ClN4O3/c27-21-6-8-22(9-7-21)30-26(33)34-24(20-4-2-1-3-5-20)25(32)31-23(18-10-14-28-15-11-18)19-12-16-29-17-13-19/h1-11,14-15,19,23-24,29H,12-13,16-17H2,(H,30,33)(H,31,32). The van der Waals surface area contributed by atoms with Crippen LogP contribution in [-0.4, -0.2) is 30.1 Å². The van der Waals surface area contributed by atoms with E-state index in [1.807, 2.05) is 30.3 Å². The fourth-order valence-corrected chi connectivity index (χ4v) is 4.26. The van der Waals surface area contributed by atoms with Gasteiger partial charge in [0.15, 0.2) is 0 Å². The molecule has 1 fully saturated rings. The SMILES string of the molecule is O=C(Nc1ccc(Cl)cc1)OC(C(=O)NC(c1ccncc1)C1CCNCC1)c1ccccc1. The van der Waals surface area contributed by atoms with Crippen molar-refractivity contribution in [3.8, 4) is 0 Å². The van der Waals surface area contributed by atoms with Gasteiger partial charge in [-0.2, -0.15) is 0 Å². The Kier molecular flexibility index (Phi) is 8.12.